The van der Waals surface area contributed by atoms with Crippen molar-refractivity contribution in [2.45, 2.75) is 90.8 Å². The molecular formula is C30H38O3. The van der Waals surface area contributed by atoms with Gasteiger partial charge in [0.15, 0.2) is 0 Å². The zero-order valence-corrected chi connectivity index (χ0v) is 20.4. The number of aryl methyl sites for hydroxylation is 1. The van der Waals surface area contributed by atoms with E-state index in [0.717, 1.165) is 43.3 Å². The normalized spacial score (nSPS) is 41.4. The van der Waals surface area contributed by atoms with Crippen molar-refractivity contribution in [3.8, 4) is 5.75 Å². The van der Waals surface area contributed by atoms with Gasteiger partial charge in [0.1, 0.15) is 18.0 Å². The van der Waals surface area contributed by atoms with E-state index in [9.17, 15) is 4.79 Å². The average molecular weight is 447 g/mol. The summed E-state index contributed by atoms with van der Waals surface area (Å²) < 4.78 is 12.3. The Morgan fingerprint density at radius 3 is 2.73 bits per heavy atom. The molecule has 1 aromatic carbocycles. The number of carbonyl (C=O) groups excluding carboxylic acids is 1. The zero-order valence-electron chi connectivity index (χ0n) is 20.4. The number of ether oxygens (including phenoxy) is 2. The average Bonchev–Trinajstić information content (AvgIpc) is 3.14. The van der Waals surface area contributed by atoms with E-state index in [4.69, 9.17) is 9.47 Å². The summed E-state index contributed by atoms with van der Waals surface area (Å²) in [5.74, 6) is 3.12. The Morgan fingerprint density at radius 1 is 1.03 bits per heavy atom. The molecule has 0 bridgehead atoms. The van der Waals surface area contributed by atoms with Crippen molar-refractivity contribution in [2.75, 3.05) is 0 Å². The van der Waals surface area contributed by atoms with E-state index < -0.39 is 0 Å². The highest BCUT2D eigenvalue weighted by Crippen LogP contribution is 2.65. The molecule has 0 radical (unpaired) electrons. The van der Waals surface area contributed by atoms with Crippen LogP contribution in [0.1, 0.15) is 77.7 Å². The van der Waals surface area contributed by atoms with Crippen LogP contribution in [-0.4, -0.2) is 18.2 Å². The number of esters is 1. The van der Waals surface area contributed by atoms with Crippen LogP contribution in [0.2, 0.25) is 0 Å². The summed E-state index contributed by atoms with van der Waals surface area (Å²) in [7, 11) is 0. The fourth-order valence-electron chi connectivity index (χ4n) is 8.53. The summed E-state index contributed by atoms with van der Waals surface area (Å²) in [6.45, 7) is 6.52. The number of fused-ring (bicyclic) bond motifs is 6. The number of para-hydroxylation sites is 1. The van der Waals surface area contributed by atoms with Gasteiger partial charge in [-0.3, -0.25) is 4.79 Å². The molecule has 7 unspecified atom stereocenters. The SMILES string of the molecule is CC(=O)OC1CCC2C3CC=C4C=C(C5CCc6ccccc6O5)CCC4(C)C3CCC12C. The van der Waals surface area contributed by atoms with E-state index in [1.54, 1.807) is 12.5 Å². The molecule has 1 aromatic rings. The van der Waals surface area contributed by atoms with Crippen LogP contribution in [0.15, 0.2) is 47.6 Å². The molecule has 6 rings (SSSR count). The Bertz CT molecular complexity index is 1020. The van der Waals surface area contributed by atoms with Gasteiger partial charge in [-0.25, -0.2) is 0 Å². The first-order valence-corrected chi connectivity index (χ1v) is 13.2. The van der Waals surface area contributed by atoms with Crippen molar-refractivity contribution in [1.82, 2.24) is 0 Å². The van der Waals surface area contributed by atoms with Crippen LogP contribution in [0.4, 0.5) is 0 Å². The Morgan fingerprint density at radius 2 is 1.88 bits per heavy atom. The van der Waals surface area contributed by atoms with E-state index >= 15 is 0 Å². The molecule has 3 nitrogen and oxygen atoms in total. The maximum absolute atomic E-state index is 11.7. The minimum Gasteiger partial charge on any atom is -0.486 e. The molecule has 0 N–H and O–H groups in total. The first-order valence-electron chi connectivity index (χ1n) is 13.2. The second-order valence-electron chi connectivity index (χ2n) is 11.9. The minimum absolute atomic E-state index is 0.112. The van der Waals surface area contributed by atoms with Crippen molar-refractivity contribution in [3.63, 3.8) is 0 Å². The highest BCUT2D eigenvalue weighted by Gasteiger charge is 2.59. The van der Waals surface area contributed by atoms with Crippen molar-refractivity contribution >= 4 is 5.97 Å². The lowest BCUT2D eigenvalue weighted by atomic mass is 9.48. The first kappa shape index (κ1) is 21.5. The highest BCUT2D eigenvalue weighted by molar-refractivity contribution is 5.66. The van der Waals surface area contributed by atoms with Gasteiger partial charge in [-0.2, -0.15) is 0 Å². The quantitative estimate of drug-likeness (QED) is 0.468. The molecule has 33 heavy (non-hydrogen) atoms. The molecule has 0 amide bonds. The predicted octanol–water partition coefficient (Wildman–Crippen LogP) is 6.81. The third-order valence-electron chi connectivity index (χ3n) is 10.4. The Balaban J connectivity index is 1.24. The topological polar surface area (TPSA) is 35.5 Å². The number of benzene rings is 1. The molecule has 2 saturated carbocycles. The summed E-state index contributed by atoms with van der Waals surface area (Å²) in [6, 6.07) is 8.53. The van der Waals surface area contributed by atoms with Gasteiger partial charge in [0.25, 0.3) is 0 Å². The lowest BCUT2D eigenvalue weighted by Gasteiger charge is -2.57. The van der Waals surface area contributed by atoms with Crippen LogP contribution in [-0.2, 0) is 16.0 Å². The van der Waals surface area contributed by atoms with Gasteiger partial charge < -0.3 is 9.47 Å². The number of hydrogen-bond donors (Lipinski definition) is 0. The van der Waals surface area contributed by atoms with Gasteiger partial charge in [-0.05, 0) is 104 Å². The lowest BCUT2D eigenvalue weighted by molar-refractivity contribution is -0.156. The standard InChI is InChI=1S/C30H38O3/c1-19(31)32-28-13-11-24-23-10-9-22-18-21(27-12-8-20-6-4-5-7-26(20)33-27)14-16-29(22,2)25(23)15-17-30(24,28)3/h4-7,9,18,23-25,27-28H,8,10-17H2,1-3H3. The molecule has 1 aliphatic heterocycles. The number of carbonyl (C=O) groups is 1. The van der Waals surface area contributed by atoms with Crippen molar-refractivity contribution in [2.24, 2.45) is 28.6 Å². The molecule has 0 spiro atoms. The third-order valence-corrected chi connectivity index (χ3v) is 10.4. The van der Waals surface area contributed by atoms with Crippen molar-refractivity contribution < 1.29 is 14.3 Å². The summed E-state index contributed by atoms with van der Waals surface area (Å²) in [6.07, 6.45) is 15.9. The van der Waals surface area contributed by atoms with Gasteiger partial charge in [0, 0.05) is 12.3 Å². The molecular weight excluding hydrogens is 408 g/mol. The van der Waals surface area contributed by atoms with Crippen LogP contribution in [0.5, 0.6) is 5.75 Å². The zero-order chi connectivity index (χ0) is 22.8. The molecule has 7 atom stereocenters. The first-order chi connectivity index (χ1) is 15.9. The van der Waals surface area contributed by atoms with Crippen LogP contribution >= 0.6 is 0 Å². The largest absolute Gasteiger partial charge is 0.486 e. The molecule has 3 heteroatoms. The van der Waals surface area contributed by atoms with E-state index in [1.165, 1.54) is 43.2 Å². The molecule has 4 aliphatic carbocycles. The molecule has 0 saturated heterocycles. The third kappa shape index (κ3) is 3.33. The number of hydrogen-bond acceptors (Lipinski definition) is 3. The molecule has 176 valence electrons. The van der Waals surface area contributed by atoms with E-state index in [2.05, 4.69) is 50.3 Å². The van der Waals surface area contributed by atoms with Gasteiger partial charge >= 0.3 is 5.97 Å². The Labute approximate surface area is 198 Å². The summed E-state index contributed by atoms with van der Waals surface area (Å²) in [5, 5.41) is 0. The van der Waals surface area contributed by atoms with Crippen LogP contribution in [0.3, 0.4) is 0 Å². The molecule has 0 aromatic heterocycles. The summed E-state index contributed by atoms with van der Waals surface area (Å²) in [4.78, 5) is 11.7. The van der Waals surface area contributed by atoms with Gasteiger partial charge in [0.2, 0.25) is 0 Å². The van der Waals surface area contributed by atoms with E-state index in [1.807, 2.05) is 0 Å². The van der Waals surface area contributed by atoms with Crippen molar-refractivity contribution in [3.05, 3.63) is 53.1 Å². The number of allylic oxidation sites excluding steroid dienone is 3. The Kier molecular flexibility index (Phi) is 5.05. The lowest BCUT2D eigenvalue weighted by Crippen LogP contribution is -2.50. The minimum atomic E-state index is -0.112. The fraction of sp³-hybridized carbons (Fsp3) is 0.633. The van der Waals surface area contributed by atoms with Crippen LogP contribution in [0, 0.1) is 28.6 Å². The maximum Gasteiger partial charge on any atom is 0.302 e. The predicted molar refractivity (Wildman–Crippen MR) is 130 cm³/mol. The van der Waals surface area contributed by atoms with Crippen molar-refractivity contribution in [1.29, 1.82) is 0 Å². The summed E-state index contributed by atoms with van der Waals surface area (Å²) in [5.41, 5.74) is 4.87. The summed E-state index contributed by atoms with van der Waals surface area (Å²) >= 11 is 0. The fourth-order valence-corrected chi connectivity index (χ4v) is 8.53. The van der Waals surface area contributed by atoms with E-state index in [0.29, 0.717) is 5.92 Å². The van der Waals surface area contributed by atoms with Crippen LogP contribution in [0.25, 0.3) is 0 Å². The maximum atomic E-state index is 11.7. The van der Waals surface area contributed by atoms with Gasteiger partial charge in [-0.1, -0.05) is 44.2 Å². The number of rotatable bonds is 2. The van der Waals surface area contributed by atoms with Gasteiger partial charge in [0.05, 0.1) is 0 Å². The highest BCUT2D eigenvalue weighted by atomic mass is 16.5. The molecule has 1 heterocycles. The smallest absolute Gasteiger partial charge is 0.302 e. The second-order valence-corrected chi connectivity index (χ2v) is 11.9. The van der Waals surface area contributed by atoms with Crippen LogP contribution < -0.4 is 4.74 Å². The van der Waals surface area contributed by atoms with E-state index in [-0.39, 0.29) is 29.0 Å². The monoisotopic (exact) mass is 446 g/mol. The second kappa shape index (κ2) is 7.75. The Hall–Kier alpha value is -2.03. The van der Waals surface area contributed by atoms with Gasteiger partial charge in [-0.15, -0.1) is 0 Å². The molecule has 5 aliphatic rings. The molecule has 2 fully saturated rings.